The number of amides is 2. The third-order valence-electron chi connectivity index (χ3n) is 4.01. The number of likely N-dealkylation sites (N-methyl/N-ethyl adjacent to an activating group) is 1. The molecule has 2 aromatic rings. The van der Waals surface area contributed by atoms with E-state index >= 15 is 0 Å². The minimum absolute atomic E-state index is 0.0841. The van der Waals surface area contributed by atoms with Gasteiger partial charge in [-0.25, -0.2) is 8.42 Å². The quantitative estimate of drug-likeness (QED) is 0.708. The van der Waals surface area contributed by atoms with Crippen LogP contribution in [0.15, 0.2) is 48.5 Å². The van der Waals surface area contributed by atoms with Gasteiger partial charge in [-0.2, -0.15) is 0 Å². The zero-order valence-electron chi connectivity index (χ0n) is 15.8. The van der Waals surface area contributed by atoms with Gasteiger partial charge in [0.25, 0.3) is 5.91 Å². The molecule has 8 heteroatoms. The molecule has 0 spiro atoms. The van der Waals surface area contributed by atoms with Crippen LogP contribution in [0.1, 0.15) is 28.4 Å². The van der Waals surface area contributed by atoms with E-state index in [1.54, 1.807) is 43.3 Å². The van der Waals surface area contributed by atoms with E-state index in [0.717, 1.165) is 11.8 Å². The highest BCUT2D eigenvalue weighted by Crippen LogP contribution is 2.12. The molecule has 0 atom stereocenters. The van der Waals surface area contributed by atoms with Crippen molar-refractivity contribution in [3.05, 3.63) is 70.2 Å². The van der Waals surface area contributed by atoms with Crippen LogP contribution in [0.5, 0.6) is 0 Å². The zero-order valence-corrected chi connectivity index (χ0v) is 17.4. The zero-order chi connectivity index (χ0) is 20.7. The van der Waals surface area contributed by atoms with Crippen molar-refractivity contribution in [1.29, 1.82) is 0 Å². The van der Waals surface area contributed by atoms with Gasteiger partial charge in [-0.3, -0.25) is 9.59 Å². The van der Waals surface area contributed by atoms with Crippen molar-refractivity contribution >= 4 is 33.3 Å². The van der Waals surface area contributed by atoms with E-state index in [1.807, 2.05) is 12.1 Å². The van der Waals surface area contributed by atoms with E-state index in [-0.39, 0.29) is 24.1 Å². The summed E-state index contributed by atoms with van der Waals surface area (Å²) in [6.07, 6.45) is 1.14. The van der Waals surface area contributed by atoms with Crippen molar-refractivity contribution in [2.45, 2.75) is 19.2 Å². The van der Waals surface area contributed by atoms with E-state index in [2.05, 4.69) is 5.32 Å². The van der Waals surface area contributed by atoms with Crippen LogP contribution in [0, 0.1) is 0 Å². The lowest BCUT2D eigenvalue weighted by molar-refractivity contribution is -0.121. The molecule has 1 N–H and O–H groups in total. The standard InChI is InChI=1S/C20H23ClN2O4S/c1-3-23(13-19(24)22-12-15-7-9-18(21)10-8-15)20(25)17-6-4-5-16(11-17)14-28(2,26)27/h4-11H,3,12-14H2,1-2H3,(H,22,24). The van der Waals surface area contributed by atoms with Crippen LogP contribution in [0.4, 0.5) is 0 Å². The highest BCUT2D eigenvalue weighted by Gasteiger charge is 2.18. The van der Waals surface area contributed by atoms with Gasteiger partial charge in [-0.15, -0.1) is 0 Å². The molecule has 0 radical (unpaired) electrons. The molecular weight excluding hydrogens is 400 g/mol. The highest BCUT2D eigenvalue weighted by atomic mass is 35.5. The SMILES string of the molecule is CCN(CC(=O)NCc1ccc(Cl)cc1)C(=O)c1cccc(CS(C)(=O)=O)c1. The highest BCUT2D eigenvalue weighted by molar-refractivity contribution is 7.89. The van der Waals surface area contributed by atoms with Gasteiger partial charge in [-0.05, 0) is 42.3 Å². The van der Waals surface area contributed by atoms with Crippen LogP contribution in [-0.2, 0) is 26.9 Å². The van der Waals surface area contributed by atoms with Crippen molar-refractivity contribution in [1.82, 2.24) is 10.2 Å². The minimum atomic E-state index is -3.20. The second kappa shape index (κ2) is 9.71. The summed E-state index contributed by atoms with van der Waals surface area (Å²) in [6.45, 7) is 2.39. The Morgan fingerprint density at radius 1 is 1.07 bits per heavy atom. The van der Waals surface area contributed by atoms with Crippen LogP contribution >= 0.6 is 11.6 Å². The van der Waals surface area contributed by atoms with E-state index in [1.165, 1.54) is 4.90 Å². The molecule has 2 rings (SSSR count). The number of rotatable bonds is 8. The van der Waals surface area contributed by atoms with Crippen LogP contribution in [0.3, 0.4) is 0 Å². The minimum Gasteiger partial charge on any atom is -0.350 e. The van der Waals surface area contributed by atoms with E-state index in [0.29, 0.717) is 29.2 Å². The van der Waals surface area contributed by atoms with Gasteiger partial charge in [0.2, 0.25) is 5.91 Å². The van der Waals surface area contributed by atoms with Crippen molar-refractivity contribution in [2.24, 2.45) is 0 Å². The molecular formula is C20H23ClN2O4S. The van der Waals surface area contributed by atoms with Crippen LogP contribution < -0.4 is 5.32 Å². The average Bonchev–Trinajstić information content (AvgIpc) is 2.64. The summed E-state index contributed by atoms with van der Waals surface area (Å²) < 4.78 is 22.9. The summed E-state index contributed by atoms with van der Waals surface area (Å²) in [5.74, 6) is -0.737. The third-order valence-corrected chi connectivity index (χ3v) is 5.12. The van der Waals surface area contributed by atoms with Gasteiger partial charge < -0.3 is 10.2 Å². The van der Waals surface area contributed by atoms with E-state index in [9.17, 15) is 18.0 Å². The predicted molar refractivity (Wildman–Crippen MR) is 110 cm³/mol. The average molecular weight is 423 g/mol. The Kier molecular flexibility index (Phi) is 7.60. The number of hydrogen-bond acceptors (Lipinski definition) is 4. The molecule has 0 aliphatic rings. The van der Waals surface area contributed by atoms with Gasteiger partial charge in [0.1, 0.15) is 0 Å². The maximum atomic E-state index is 12.7. The number of hydrogen-bond donors (Lipinski definition) is 1. The topological polar surface area (TPSA) is 83.6 Å². The van der Waals surface area contributed by atoms with Gasteiger partial charge in [-0.1, -0.05) is 35.9 Å². The molecule has 0 aliphatic carbocycles. The van der Waals surface area contributed by atoms with Crippen molar-refractivity contribution in [2.75, 3.05) is 19.3 Å². The Labute approximate surface area is 170 Å². The molecule has 0 heterocycles. The largest absolute Gasteiger partial charge is 0.350 e. The summed E-state index contributed by atoms with van der Waals surface area (Å²) in [5.41, 5.74) is 1.80. The smallest absolute Gasteiger partial charge is 0.254 e. The van der Waals surface area contributed by atoms with Crippen molar-refractivity contribution in [3.8, 4) is 0 Å². The Hall–Kier alpha value is -2.38. The second-order valence-corrected chi connectivity index (χ2v) is 9.07. The lowest BCUT2D eigenvalue weighted by Crippen LogP contribution is -2.40. The molecule has 0 unspecified atom stereocenters. The van der Waals surface area contributed by atoms with Crippen LogP contribution in [0.2, 0.25) is 5.02 Å². The molecule has 28 heavy (non-hydrogen) atoms. The molecule has 6 nitrogen and oxygen atoms in total. The monoisotopic (exact) mass is 422 g/mol. The first-order valence-corrected chi connectivity index (χ1v) is 11.2. The van der Waals surface area contributed by atoms with Crippen LogP contribution in [0.25, 0.3) is 0 Å². The maximum Gasteiger partial charge on any atom is 0.254 e. The second-order valence-electron chi connectivity index (χ2n) is 6.49. The number of halogens is 1. The van der Waals surface area contributed by atoms with Gasteiger partial charge in [0, 0.05) is 29.9 Å². The summed E-state index contributed by atoms with van der Waals surface area (Å²) in [5, 5.41) is 3.40. The first-order chi connectivity index (χ1) is 13.2. The summed E-state index contributed by atoms with van der Waals surface area (Å²) in [7, 11) is -3.20. The first kappa shape index (κ1) is 21.9. The van der Waals surface area contributed by atoms with Gasteiger partial charge in [0.05, 0.1) is 12.3 Å². The Morgan fingerprint density at radius 2 is 1.75 bits per heavy atom. The molecule has 2 amide bonds. The fraction of sp³-hybridized carbons (Fsp3) is 0.300. The molecule has 2 aromatic carbocycles. The first-order valence-electron chi connectivity index (χ1n) is 8.75. The van der Waals surface area contributed by atoms with E-state index < -0.39 is 9.84 Å². The number of nitrogens with zero attached hydrogens (tertiary/aromatic N) is 1. The summed E-state index contributed by atoms with van der Waals surface area (Å²) in [6, 6.07) is 13.6. The van der Waals surface area contributed by atoms with Crippen molar-refractivity contribution in [3.63, 3.8) is 0 Å². The number of benzene rings is 2. The third kappa shape index (κ3) is 6.98. The molecule has 0 aliphatic heterocycles. The normalized spacial score (nSPS) is 11.1. The Morgan fingerprint density at radius 3 is 2.36 bits per heavy atom. The van der Waals surface area contributed by atoms with Crippen LogP contribution in [-0.4, -0.2) is 44.5 Å². The molecule has 0 aromatic heterocycles. The summed E-state index contributed by atoms with van der Waals surface area (Å²) >= 11 is 5.84. The maximum absolute atomic E-state index is 12.7. The van der Waals surface area contributed by atoms with Gasteiger partial charge >= 0.3 is 0 Å². The van der Waals surface area contributed by atoms with Gasteiger partial charge in [0.15, 0.2) is 9.84 Å². The fourth-order valence-corrected chi connectivity index (χ4v) is 3.55. The molecule has 150 valence electrons. The number of nitrogens with one attached hydrogen (secondary N) is 1. The molecule has 0 saturated heterocycles. The van der Waals surface area contributed by atoms with Crippen molar-refractivity contribution < 1.29 is 18.0 Å². The molecule has 0 saturated carbocycles. The molecule has 0 bridgehead atoms. The summed E-state index contributed by atoms with van der Waals surface area (Å²) in [4.78, 5) is 26.4. The predicted octanol–water partition coefficient (Wildman–Crippen LogP) is 2.66. The Balaban J connectivity index is 1.99. The lowest BCUT2D eigenvalue weighted by Gasteiger charge is -2.21. The van der Waals surface area contributed by atoms with E-state index in [4.69, 9.17) is 11.6 Å². The lowest BCUT2D eigenvalue weighted by atomic mass is 10.1. The number of carbonyl (C=O) groups is 2. The molecule has 0 fully saturated rings. The number of sulfone groups is 1. The Bertz CT molecular complexity index is 943. The number of carbonyl (C=O) groups excluding carboxylic acids is 2. The fourth-order valence-electron chi connectivity index (χ4n) is 2.64.